The van der Waals surface area contributed by atoms with E-state index >= 15 is 0 Å². The topological polar surface area (TPSA) is 37.3 Å². The molecule has 0 saturated carbocycles. The van der Waals surface area contributed by atoms with Gasteiger partial charge in [0.2, 0.25) is 0 Å². The van der Waals surface area contributed by atoms with Gasteiger partial charge in [0, 0.05) is 32.2 Å². The smallest absolute Gasteiger partial charge is 0.0831 e. The first-order chi connectivity index (χ1) is 17.2. The summed E-state index contributed by atoms with van der Waals surface area (Å²) >= 11 is 12.3. The second-order valence-electron chi connectivity index (χ2n) is 8.25. The Bertz CT molecular complexity index is 1620. The van der Waals surface area contributed by atoms with Gasteiger partial charge >= 0.3 is 0 Å². The molecule has 0 aliphatic heterocycles. The van der Waals surface area contributed by atoms with Crippen LogP contribution >= 0.6 is 23.2 Å². The van der Waals surface area contributed by atoms with Crippen molar-refractivity contribution < 1.29 is 0 Å². The Morgan fingerprint density at radius 3 is 2.06 bits per heavy atom. The number of fused-ring (bicyclic) bond motifs is 2. The zero-order chi connectivity index (χ0) is 23.8. The Balaban J connectivity index is 1.60. The molecule has 4 aromatic carbocycles. The van der Waals surface area contributed by atoms with Crippen LogP contribution in [0, 0.1) is 0 Å². The van der Waals surface area contributed by atoms with Gasteiger partial charge in [0.05, 0.1) is 33.9 Å². The predicted octanol–water partition coefficient (Wildman–Crippen LogP) is 8.66. The van der Waals surface area contributed by atoms with E-state index in [1.54, 1.807) is 0 Å². The monoisotopic (exact) mass is 491 g/mol. The zero-order valence-electron chi connectivity index (χ0n) is 18.5. The molecule has 0 radical (unpaired) electrons. The maximum atomic E-state index is 6.14. The van der Waals surface area contributed by atoms with Crippen molar-refractivity contribution >= 4 is 62.5 Å². The van der Waals surface area contributed by atoms with E-state index in [2.05, 4.69) is 35.6 Å². The number of nitrogens with one attached hydrogen (secondary N) is 1. The third kappa shape index (κ3) is 4.21. The number of nitrogens with zero attached hydrogens (tertiary/aromatic N) is 2. The summed E-state index contributed by atoms with van der Waals surface area (Å²) in [5.74, 6) is 0. The number of anilines is 1. The van der Waals surface area contributed by atoms with Crippen molar-refractivity contribution in [1.29, 1.82) is 0 Å². The molecule has 0 unspecified atom stereocenters. The average Bonchev–Trinajstić information content (AvgIpc) is 3.19. The highest BCUT2D eigenvalue weighted by molar-refractivity contribution is 6.43. The minimum atomic E-state index is 0.679. The summed E-state index contributed by atoms with van der Waals surface area (Å²) in [6.07, 6.45) is 0. The lowest BCUT2D eigenvalue weighted by molar-refractivity contribution is 1.36. The van der Waals surface area contributed by atoms with Crippen molar-refractivity contribution in [3.63, 3.8) is 0 Å². The maximum Gasteiger partial charge on any atom is 0.0831 e. The molecule has 0 bridgehead atoms. The van der Waals surface area contributed by atoms with Crippen LogP contribution in [0.15, 0.2) is 114 Å². The second-order valence-corrected chi connectivity index (χ2v) is 9.13. The van der Waals surface area contributed by atoms with Crippen LogP contribution in [0.2, 0.25) is 10.0 Å². The molecule has 3 nitrogen and oxygen atoms in total. The Hall–Kier alpha value is -3.92. The first kappa shape index (κ1) is 21.6. The number of allylic oxidation sites excluding steroid dienone is 1. The lowest BCUT2D eigenvalue weighted by Crippen LogP contribution is -2.04. The molecule has 6 rings (SSSR count). The highest BCUT2D eigenvalue weighted by Crippen LogP contribution is 2.40. The lowest BCUT2D eigenvalue weighted by Gasteiger charge is -2.13. The molecule has 0 atom stereocenters. The van der Waals surface area contributed by atoms with Crippen LogP contribution < -0.4 is 5.32 Å². The fourth-order valence-corrected chi connectivity index (χ4v) is 4.57. The number of hydrogen-bond acceptors (Lipinski definition) is 3. The Labute approximate surface area is 213 Å². The summed E-state index contributed by atoms with van der Waals surface area (Å²) in [5, 5.41) is 6.09. The van der Waals surface area contributed by atoms with E-state index in [0.29, 0.717) is 10.0 Å². The van der Waals surface area contributed by atoms with Gasteiger partial charge in [-0.25, -0.2) is 9.98 Å². The van der Waals surface area contributed by atoms with Gasteiger partial charge < -0.3 is 5.32 Å². The number of halogens is 2. The van der Waals surface area contributed by atoms with Crippen LogP contribution in [-0.4, -0.2) is 10.7 Å². The third-order valence-electron chi connectivity index (χ3n) is 5.97. The lowest BCUT2D eigenvalue weighted by atomic mass is 10.0. The molecule has 1 aliphatic carbocycles. The summed E-state index contributed by atoms with van der Waals surface area (Å²) in [6.45, 7) is 0. The van der Waals surface area contributed by atoms with Gasteiger partial charge in [0.25, 0.3) is 0 Å². The molecule has 1 aromatic heterocycles. The molecule has 5 heteroatoms. The number of pyridine rings is 1. The molecule has 5 aromatic rings. The van der Waals surface area contributed by atoms with Crippen LogP contribution in [-0.2, 0) is 0 Å². The highest BCUT2D eigenvalue weighted by atomic mass is 35.5. The van der Waals surface area contributed by atoms with Gasteiger partial charge in [0.15, 0.2) is 0 Å². The summed E-state index contributed by atoms with van der Waals surface area (Å²) in [6, 6.07) is 35.8. The predicted molar refractivity (Wildman–Crippen MR) is 148 cm³/mol. The van der Waals surface area contributed by atoms with E-state index in [4.69, 9.17) is 33.2 Å². The molecule has 0 spiro atoms. The quantitative estimate of drug-likeness (QED) is 0.273. The molecule has 1 N–H and O–H groups in total. The molecule has 1 heterocycles. The number of para-hydroxylation sites is 1. The molecular weight excluding hydrogens is 473 g/mol. The van der Waals surface area contributed by atoms with E-state index in [-0.39, 0.29) is 0 Å². The van der Waals surface area contributed by atoms with E-state index in [1.165, 1.54) is 0 Å². The van der Waals surface area contributed by atoms with Crippen LogP contribution in [0.4, 0.5) is 11.4 Å². The van der Waals surface area contributed by atoms with Gasteiger partial charge in [-0.3, -0.25) is 0 Å². The Morgan fingerprint density at radius 2 is 1.29 bits per heavy atom. The van der Waals surface area contributed by atoms with E-state index < -0.39 is 0 Å². The van der Waals surface area contributed by atoms with Gasteiger partial charge in [0.1, 0.15) is 0 Å². The molecule has 168 valence electrons. The van der Waals surface area contributed by atoms with E-state index in [0.717, 1.165) is 56.1 Å². The minimum Gasteiger partial charge on any atom is -0.354 e. The summed E-state index contributed by atoms with van der Waals surface area (Å²) in [7, 11) is 0. The van der Waals surface area contributed by atoms with Gasteiger partial charge in [-0.05, 0) is 60.7 Å². The van der Waals surface area contributed by atoms with Crippen molar-refractivity contribution in [2.24, 2.45) is 4.99 Å². The number of rotatable bonds is 4. The van der Waals surface area contributed by atoms with Gasteiger partial charge in [-0.1, -0.05) is 71.7 Å². The fourth-order valence-electron chi connectivity index (χ4n) is 4.32. The Kier molecular flexibility index (Phi) is 5.57. The normalized spacial score (nSPS) is 13.9. The number of hydrogen-bond donors (Lipinski definition) is 1. The first-order valence-electron chi connectivity index (χ1n) is 11.2. The van der Waals surface area contributed by atoms with E-state index in [1.807, 2.05) is 78.9 Å². The fraction of sp³-hybridized carbons (Fsp3) is 0. The minimum absolute atomic E-state index is 0.679. The highest BCUT2D eigenvalue weighted by Gasteiger charge is 2.30. The largest absolute Gasteiger partial charge is 0.354 e. The van der Waals surface area contributed by atoms with Crippen molar-refractivity contribution in [2.45, 2.75) is 0 Å². The molecule has 0 amide bonds. The first-order valence-corrected chi connectivity index (χ1v) is 12.0. The standard InChI is InChI=1S/C30H19Cl2N3/c31-20-10-14-22(15-11-20)33-29-24-6-2-3-7-25(24)30(34-23-16-12-21(32)13-17-23)28(29)27-18-9-19-5-1-4-8-26(19)35-27/h1-18,33H. The van der Waals surface area contributed by atoms with Crippen molar-refractivity contribution in [2.75, 3.05) is 5.32 Å². The van der Waals surface area contributed by atoms with Gasteiger partial charge in [-0.15, -0.1) is 0 Å². The van der Waals surface area contributed by atoms with Crippen molar-refractivity contribution in [3.8, 4) is 0 Å². The second kappa shape index (κ2) is 9.03. The average molecular weight is 492 g/mol. The number of aliphatic imine (C=N–C) groups is 1. The summed E-state index contributed by atoms with van der Waals surface area (Å²) < 4.78 is 0. The maximum absolute atomic E-state index is 6.14. The van der Waals surface area contributed by atoms with Gasteiger partial charge in [-0.2, -0.15) is 0 Å². The van der Waals surface area contributed by atoms with Crippen LogP contribution in [0.25, 0.3) is 22.2 Å². The summed E-state index contributed by atoms with van der Waals surface area (Å²) in [4.78, 5) is 10.1. The SMILES string of the molecule is Clc1ccc(N=C2C(c3ccc4ccccc4n3)=C(Nc3ccc(Cl)cc3)c3ccccc32)cc1. The van der Waals surface area contributed by atoms with Crippen LogP contribution in [0.3, 0.4) is 0 Å². The zero-order valence-corrected chi connectivity index (χ0v) is 20.1. The number of benzene rings is 4. The molecule has 0 fully saturated rings. The third-order valence-corrected chi connectivity index (χ3v) is 6.48. The summed E-state index contributed by atoms with van der Waals surface area (Å²) in [5.41, 5.74) is 8.43. The van der Waals surface area contributed by atoms with Crippen molar-refractivity contribution in [3.05, 3.63) is 136 Å². The van der Waals surface area contributed by atoms with Crippen molar-refractivity contribution in [1.82, 2.24) is 4.98 Å². The molecule has 1 aliphatic rings. The van der Waals surface area contributed by atoms with Crippen LogP contribution in [0.1, 0.15) is 16.8 Å². The molecule has 0 saturated heterocycles. The van der Waals surface area contributed by atoms with Crippen LogP contribution in [0.5, 0.6) is 0 Å². The number of aromatic nitrogens is 1. The molecule has 35 heavy (non-hydrogen) atoms. The molecular formula is C30H19Cl2N3. The Morgan fingerprint density at radius 1 is 0.629 bits per heavy atom. The van der Waals surface area contributed by atoms with E-state index in [9.17, 15) is 0 Å².